The molecule has 0 bridgehead atoms. The lowest BCUT2D eigenvalue weighted by Gasteiger charge is -2.22. The van der Waals surface area contributed by atoms with Gasteiger partial charge in [-0.25, -0.2) is 0 Å². The summed E-state index contributed by atoms with van der Waals surface area (Å²) < 4.78 is 9.79. The smallest absolute Gasteiger partial charge is 0.325 e. The molecule has 1 amide bonds. The highest BCUT2D eigenvalue weighted by Gasteiger charge is 2.28. The van der Waals surface area contributed by atoms with Gasteiger partial charge in [-0.2, -0.15) is 0 Å². The zero-order valence-corrected chi connectivity index (χ0v) is 9.19. The first-order valence-corrected chi connectivity index (χ1v) is 5.16. The average molecular weight is 215 g/mol. The third kappa shape index (κ3) is 3.20. The number of esters is 1. The molecule has 1 saturated heterocycles. The van der Waals surface area contributed by atoms with Crippen LogP contribution in [0.25, 0.3) is 0 Å². The largest absolute Gasteiger partial charge is 0.468 e. The Morgan fingerprint density at radius 2 is 2.27 bits per heavy atom. The zero-order chi connectivity index (χ0) is 11.3. The predicted octanol–water partition coefficient (Wildman–Crippen LogP) is 0.187. The lowest BCUT2D eigenvalue weighted by molar-refractivity contribution is -0.150. The van der Waals surface area contributed by atoms with Crippen molar-refractivity contribution >= 4 is 11.9 Å². The summed E-state index contributed by atoms with van der Waals surface area (Å²) in [6.45, 7) is 2.96. The second kappa shape index (κ2) is 5.70. The molecule has 1 heterocycles. The molecule has 1 aliphatic rings. The molecule has 1 rings (SSSR count). The van der Waals surface area contributed by atoms with Crippen LogP contribution in [-0.4, -0.2) is 49.7 Å². The van der Waals surface area contributed by atoms with Crippen molar-refractivity contribution in [2.75, 3.05) is 26.8 Å². The van der Waals surface area contributed by atoms with Crippen LogP contribution in [0, 0.1) is 0 Å². The Labute approximate surface area is 89.3 Å². The summed E-state index contributed by atoms with van der Waals surface area (Å²) in [5.74, 6) is -0.511. The van der Waals surface area contributed by atoms with Crippen molar-refractivity contribution in [3.8, 4) is 0 Å². The van der Waals surface area contributed by atoms with Crippen LogP contribution in [0.1, 0.15) is 19.8 Å². The number of methoxy groups -OCH3 is 1. The van der Waals surface area contributed by atoms with Crippen molar-refractivity contribution in [1.82, 2.24) is 4.90 Å². The highest BCUT2D eigenvalue weighted by Crippen LogP contribution is 2.14. The molecule has 0 spiro atoms. The van der Waals surface area contributed by atoms with Crippen LogP contribution >= 0.6 is 0 Å². The number of hydrogen-bond donors (Lipinski definition) is 0. The number of nitrogens with zero attached hydrogens (tertiary/aromatic N) is 1. The van der Waals surface area contributed by atoms with Gasteiger partial charge in [-0.1, -0.05) is 0 Å². The molecule has 0 N–H and O–H groups in total. The van der Waals surface area contributed by atoms with Gasteiger partial charge in [0.15, 0.2) is 0 Å². The molecule has 86 valence electrons. The van der Waals surface area contributed by atoms with Crippen molar-refractivity contribution in [2.24, 2.45) is 0 Å². The van der Waals surface area contributed by atoms with Crippen LogP contribution in [0.4, 0.5) is 0 Å². The Bertz CT molecular complexity index is 236. The molecule has 0 aliphatic carbocycles. The highest BCUT2D eigenvalue weighted by atomic mass is 16.5. The van der Waals surface area contributed by atoms with Gasteiger partial charge < -0.3 is 14.4 Å². The fourth-order valence-corrected chi connectivity index (χ4v) is 1.54. The zero-order valence-electron chi connectivity index (χ0n) is 9.19. The molecular formula is C10H17NO4. The van der Waals surface area contributed by atoms with E-state index >= 15 is 0 Å². The van der Waals surface area contributed by atoms with Gasteiger partial charge in [-0.3, -0.25) is 9.59 Å². The molecule has 0 aromatic carbocycles. The number of hydrogen-bond acceptors (Lipinski definition) is 4. The quantitative estimate of drug-likeness (QED) is 0.628. The van der Waals surface area contributed by atoms with Gasteiger partial charge in [-0.05, 0) is 19.8 Å². The van der Waals surface area contributed by atoms with E-state index in [2.05, 4.69) is 4.74 Å². The second-order valence-electron chi connectivity index (χ2n) is 3.43. The number of ether oxygens (including phenoxy) is 2. The molecule has 5 heteroatoms. The predicted molar refractivity (Wildman–Crippen MR) is 53.2 cm³/mol. The molecule has 1 aliphatic heterocycles. The van der Waals surface area contributed by atoms with Crippen LogP contribution in [0.15, 0.2) is 0 Å². The van der Waals surface area contributed by atoms with Crippen LogP contribution in [0.3, 0.4) is 0 Å². The topological polar surface area (TPSA) is 55.8 Å². The van der Waals surface area contributed by atoms with Gasteiger partial charge >= 0.3 is 5.97 Å². The number of amides is 1. The fourth-order valence-electron chi connectivity index (χ4n) is 1.54. The molecule has 1 atom stereocenters. The summed E-state index contributed by atoms with van der Waals surface area (Å²) in [7, 11) is 1.31. The maximum Gasteiger partial charge on any atom is 0.325 e. The van der Waals surface area contributed by atoms with Crippen molar-refractivity contribution in [3.63, 3.8) is 0 Å². The minimum Gasteiger partial charge on any atom is -0.468 e. The van der Waals surface area contributed by atoms with Crippen molar-refractivity contribution < 1.29 is 19.1 Å². The Hall–Kier alpha value is -1.10. The summed E-state index contributed by atoms with van der Waals surface area (Å²) >= 11 is 0. The minimum absolute atomic E-state index is 0.00565. The van der Waals surface area contributed by atoms with Crippen molar-refractivity contribution in [3.05, 3.63) is 0 Å². The van der Waals surface area contributed by atoms with Gasteiger partial charge in [0.05, 0.1) is 7.11 Å². The third-order valence-corrected chi connectivity index (χ3v) is 2.45. The Kier molecular flexibility index (Phi) is 4.55. The molecule has 15 heavy (non-hydrogen) atoms. The van der Waals surface area contributed by atoms with Gasteiger partial charge in [-0.15, -0.1) is 0 Å². The van der Waals surface area contributed by atoms with E-state index in [1.165, 1.54) is 12.0 Å². The summed E-state index contributed by atoms with van der Waals surface area (Å²) in [6, 6.07) is 0. The minimum atomic E-state index is -0.400. The lowest BCUT2D eigenvalue weighted by atomic mass is 10.2. The van der Waals surface area contributed by atoms with Crippen LogP contribution in [-0.2, 0) is 19.1 Å². The first-order valence-electron chi connectivity index (χ1n) is 5.16. The molecule has 0 radical (unpaired) electrons. The number of likely N-dealkylation sites (N-methyl/N-ethyl adjacent to an activating group) is 1. The summed E-state index contributed by atoms with van der Waals surface area (Å²) in [5.41, 5.74) is 0. The normalized spacial score (nSPS) is 20.0. The number of rotatable bonds is 4. The molecule has 0 unspecified atom stereocenters. The van der Waals surface area contributed by atoms with E-state index in [1.807, 2.05) is 6.92 Å². The molecular weight excluding hydrogens is 198 g/mol. The molecule has 5 nitrogen and oxygen atoms in total. The lowest BCUT2D eigenvalue weighted by Crippen LogP contribution is -2.42. The summed E-state index contributed by atoms with van der Waals surface area (Å²) in [5, 5.41) is 0. The second-order valence-corrected chi connectivity index (χ2v) is 3.43. The van der Waals surface area contributed by atoms with E-state index in [1.54, 1.807) is 0 Å². The summed E-state index contributed by atoms with van der Waals surface area (Å²) in [4.78, 5) is 24.3. The summed E-state index contributed by atoms with van der Waals surface area (Å²) in [6.07, 6.45) is 1.29. The van der Waals surface area contributed by atoms with E-state index in [0.29, 0.717) is 13.2 Å². The monoisotopic (exact) mass is 215 g/mol. The first kappa shape index (κ1) is 12.0. The molecule has 0 aromatic rings. The van der Waals surface area contributed by atoms with E-state index in [4.69, 9.17) is 4.74 Å². The first-order chi connectivity index (χ1) is 7.19. The van der Waals surface area contributed by atoms with Crippen molar-refractivity contribution in [2.45, 2.75) is 25.9 Å². The van der Waals surface area contributed by atoms with Crippen LogP contribution in [0.5, 0.6) is 0 Å². The Morgan fingerprint density at radius 3 is 2.73 bits per heavy atom. The van der Waals surface area contributed by atoms with E-state index in [9.17, 15) is 9.59 Å². The third-order valence-electron chi connectivity index (χ3n) is 2.45. The SMILES string of the molecule is CCN(CC(=O)OC)C(=O)[C@@H]1CCCO1. The highest BCUT2D eigenvalue weighted by molar-refractivity contribution is 5.85. The van der Waals surface area contributed by atoms with Gasteiger partial charge in [0.25, 0.3) is 5.91 Å². The van der Waals surface area contributed by atoms with Crippen molar-refractivity contribution in [1.29, 1.82) is 0 Å². The standard InChI is InChI=1S/C10H17NO4/c1-3-11(7-9(12)14-2)10(13)8-5-4-6-15-8/h8H,3-7H2,1-2H3/t8-/m0/s1. The van der Waals surface area contributed by atoms with Crippen LogP contribution in [0.2, 0.25) is 0 Å². The van der Waals surface area contributed by atoms with E-state index < -0.39 is 5.97 Å². The number of carbonyl (C=O) groups excluding carboxylic acids is 2. The van der Waals surface area contributed by atoms with Gasteiger partial charge in [0.1, 0.15) is 12.6 Å². The van der Waals surface area contributed by atoms with Gasteiger partial charge in [0.2, 0.25) is 0 Å². The van der Waals surface area contributed by atoms with E-state index in [-0.39, 0.29) is 18.6 Å². The average Bonchev–Trinajstić information content (AvgIpc) is 2.77. The number of carbonyl (C=O) groups is 2. The fraction of sp³-hybridized carbons (Fsp3) is 0.800. The van der Waals surface area contributed by atoms with Gasteiger partial charge in [0, 0.05) is 13.2 Å². The maximum absolute atomic E-state index is 11.8. The Morgan fingerprint density at radius 1 is 1.53 bits per heavy atom. The molecule has 0 aromatic heterocycles. The molecule has 0 saturated carbocycles. The molecule has 1 fully saturated rings. The van der Waals surface area contributed by atoms with Crippen LogP contribution < -0.4 is 0 Å². The van der Waals surface area contributed by atoms with E-state index in [0.717, 1.165) is 12.8 Å². The maximum atomic E-state index is 11.8. The Balaban J connectivity index is 2.49.